The highest BCUT2D eigenvalue weighted by molar-refractivity contribution is 5.95. The lowest BCUT2D eigenvalue weighted by Gasteiger charge is -2.23. The number of nitrogens with one attached hydrogen (secondary N) is 1. The summed E-state index contributed by atoms with van der Waals surface area (Å²) in [6, 6.07) is 17.7. The molecule has 1 N–H and O–H groups in total. The molecule has 1 aliphatic heterocycles. The van der Waals surface area contributed by atoms with Crippen LogP contribution < -0.4 is 5.32 Å². The van der Waals surface area contributed by atoms with Gasteiger partial charge in [-0.05, 0) is 54.0 Å². The normalized spacial score (nSPS) is 17.5. The standard InChI is InChI=1S/C20H21N/c1-2-10-17-16-9-5-4-8-15(16)14-21-20-13-7-6-12-19(20)18(17)11-3-1/h4-9,12-13,21H,1-3,10-11,14H2. The Balaban J connectivity index is 1.99. The second-order valence-corrected chi connectivity index (χ2v) is 6.07. The molecule has 1 aliphatic carbocycles. The number of fused-ring (bicyclic) bond motifs is 4. The molecule has 1 heteroatoms. The van der Waals surface area contributed by atoms with Crippen LogP contribution in [0.15, 0.2) is 48.5 Å². The Morgan fingerprint density at radius 2 is 1.33 bits per heavy atom. The van der Waals surface area contributed by atoms with E-state index in [9.17, 15) is 0 Å². The van der Waals surface area contributed by atoms with Crippen LogP contribution >= 0.6 is 0 Å². The van der Waals surface area contributed by atoms with Crippen LogP contribution in [0.2, 0.25) is 0 Å². The van der Waals surface area contributed by atoms with Gasteiger partial charge in [0, 0.05) is 17.8 Å². The molecular formula is C20H21N. The summed E-state index contributed by atoms with van der Waals surface area (Å²) in [5, 5.41) is 3.64. The van der Waals surface area contributed by atoms with Crippen molar-refractivity contribution in [3.63, 3.8) is 0 Å². The molecule has 4 rings (SSSR count). The van der Waals surface area contributed by atoms with Crippen molar-refractivity contribution in [3.05, 3.63) is 65.2 Å². The molecule has 2 aromatic carbocycles. The largest absolute Gasteiger partial charge is 0.380 e. The fraction of sp³-hybridized carbons (Fsp3) is 0.300. The van der Waals surface area contributed by atoms with Gasteiger partial charge in [-0.3, -0.25) is 0 Å². The minimum absolute atomic E-state index is 0.921. The van der Waals surface area contributed by atoms with Crippen molar-refractivity contribution < 1.29 is 0 Å². The Kier molecular flexibility index (Phi) is 3.27. The maximum Gasteiger partial charge on any atom is 0.0419 e. The zero-order valence-electron chi connectivity index (χ0n) is 12.4. The Bertz CT molecular complexity index is 637. The van der Waals surface area contributed by atoms with Gasteiger partial charge in [0.25, 0.3) is 0 Å². The van der Waals surface area contributed by atoms with Gasteiger partial charge in [-0.15, -0.1) is 0 Å². The molecule has 0 aromatic heterocycles. The maximum absolute atomic E-state index is 3.64. The van der Waals surface area contributed by atoms with Crippen LogP contribution in [0, 0.1) is 0 Å². The van der Waals surface area contributed by atoms with Gasteiger partial charge in [-0.25, -0.2) is 0 Å². The van der Waals surface area contributed by atoms with Gasteiger partial charge in [-0.1, -0.05) is 48.9 Å². The first-order chi connectivity index (χ1) is 10.4. The molecule has 21 heavy (non-hydrogen) atoms. The Hall–Kier alpha value is -2.02. The average Bonchev–Trinajstić information content (AvgIpc) is 2.77. The van der Waals surface area contributed by atoms with Gasteiger partial charge < -0.3 is 5.32 Å². The van der Waals surface area contributed by atoms with E-state index in [-0.39, 0.29) is 0 Å². The van der Waals surface area contributed by atoms with Crippen molar-refractivity contribution in [2.75, 3.05) is 5.32 Å². The highest BCUT2D eigenvalue weighted by atomic mass is 14.9. The monoisotopic (exact) mass is 275 g/mol. The molecule has 0 amide bonds. The summed E-state index contributed by atoms with van der Waals surface area (Å²) in [4.78, 5) is 0. The van der Waals surface area contributed by atoms with E-state index >= 15 is 0 Å². The number of benzene rings is 2. The molecule has 0 bridgehead atoms. The number of para-hydroxylation sites is 1. The second kappa shape index (κ2) is 5.40. The van der Waals surface area contributed by atoms with Gasteiger partial charge in [0.1, 0.15) is 0 Å². The van der Waals surface area contributed by atoms with E-state index in [4.69, 9.17) is 0 Å². The highest BCUT2D eigenvalue weighted by Gasteiger charge is 2.20. The fourth-order valence-corrected chi connectivity index (χ4v) is 3.74. The summed E-state index contributed by atoms with van der Waals surface area (Å²) in [6.45, 7) is 0.921. The molecule has 0 radical (unpaired) electrons. The molecule has 0 saturated carbocycles. The number of hydrogen-bond donors (Lipinski definition) is 1. The van der Waals surface area contributed by atoms with Crippen LogP contribution in [0.1, 0.15) is 48.8 Å². The molecule has 0 saturated heterocycles. The SMILES string of the molecule is c1ccc2c(c1)CNc1ccccc1C1=C2CCCCC1. The minimum Gasteiger partial charge on any atom is -0.380 e. The molecule has 0 unspecified atom stereocenters. The summed E-state index contributed by atoms with van der Waals surface area (Å²) >= 11 is 0. The summed E-state index contributed by atoms with van der Waals surface area (Å²) in [5.41, 5.74) is 8.78. The molecule has 0 fully saturated rings. The topological polar surface area (TPSA) is 12.0 Å². The summed E-state index contributed by atoms with van der Waals surface area (Å²) in [7, 11) is 0. The van der Waals surface area contributed by atoms with E-state index in [0.29, 0.717) is 0 Å². The average molecular weight is 275 g/mol. The zero-order chi connectivity index (χ0) is 14.1. The Morgan fingerprint density at radius 3 is 2.19 bits per heavy atom. The van der Waals surface area contributed by atoms with E-state index in [1.54, 1.807) is 11.1 Å². The molecule has 0 atom stereocenters. The van der Waals surface area contributed by atoms with Crippen LogP contribution in [-0.2, 0) is 6.54 Å². The third-order valence-corrected chi connectivity index (χ3v) is 4.78. The van der Waals surface area contributed by atoms with E-state index in [1.807, 2.05) is 0 Å². The van der Waals surface area contributed by atoms with E-state index in [1.165, 1.54) is 54.5 Å². The van der Waals surface area contributed by atoms with Gasteiger partial charge in [-0.2, -0.15) is 0 Å². The van der Waals surface area contributed by atoms with E-state index in [2.05, 4.69) is 53.8 Å². The van der Waals surface area contributed by atoms with Crippen LogP contribution in [0.4, 0.5) is 5.69 Å². The van der Waals surface area contributed by atoms with Crippen LogP contribution in [0.25, 0.3) is 11.1 Å². The molecule has 106 valence electrons. The molecule has 2 aromatic rings. The maximum atomic E-state index is 3.64. The summed E-state index contributed by atoms with van der Waals surface area (Å²) in [6.07, 6.45) is 6.42. The van der Waals surface area contributed by atoms with Gasteiger partial charge in [0.05, 0.1) is 0 Å². The quantitative estimate of drug-likeness (QED) is 0.670. The predicted molar refractivity (Wildman–Crippen MR) is 90.1 cm³/mol. The molecule has 1 nitrogen and oxygen atoms in total. The molecule has 2 aliphatic rings. The third kappa shape index (κ3) is 2.27. The first-order valence-corrected chi connectivity index (χ1v) is 8.07. The summed E-state index contributed by atoms with van der Waals surface area (Å²) < 4.78 is 0. The van der Waals surface area contributed by atoms with Crippen LogP contribution in [-0.4, -0.2) is 0 Å². The van der Waals surface area contributed by atoms with E-state index < -0.39 is 0 Å². The van der Waals surface area contributed by atoms with Crippen molar-refractivity contribution in [2.45, 2.75) is 38.6 Å². The number of allylic oxidation sites excluding steroid dienone is 2. The van der Waals surface area contributed by atoms with Crippen molar-refractivity contribution in [3.8, 4) is 0 Å². The summed E-state index contributed by atoms with van der Waals surface area (Å²) in [5.74, 6) is 0. The van der Waals surface area contributed by atoms with Gasteiger partial charge in [0.15, 0.2) is 0 Å². The second-order valence-electron chi connectivity index (χ2n) is 6.07. The zero-order valence-corrected chi connectivity index (χ0v) is 12.4. The number of anilines is 1. The Morgan fingerprint density at radius 1 is 0.667 bits per heavy atom. The van der Waals surface area contributed by atoms with Crippen molar-refractivity contribution >= 4 is 16.8 Å². The molecular weight excluding hydrogens is 254 g/mol. The molecule has 0 spiro atoms. The number of rotatable bonds is 0. The van der Waals surface area contributed by atoms with Gasteiger partial charge in [0.2, 0.25) is 0 Å². The smallest absolute Gasteiger partial charge is 0.0419 e. The third-order valence-electron chi connectivity index (χ3n) is 4.78. The number of hydrogen-bond acceptors (Lipinski definition) is 1. The van der Waals surface area contributed by atoms with Crippen LogP contribution in [0.3, 0.4) is 0 Å². The predicted octanol–water partition coefficient (Wildman–Crippen LogP) is 5.49. The highest BCUT2D eigenvalue weighted by Crippen LogP contribution is 2.41. The first-order valence-electron chi connectivity index (χ1n) is 8.07. The lowest BCUT2D eigenvalue weighted by Crippen LogP contribution is -2.08. The fourth-order valence-electron chi connectivity index (χ4n) is 3.74. The van der Waals surface area contributed by atoms with Gasteiger partial charge >= 0.3 is 0 Å². The first kappa shape index (κ1) is 12.7. The van der Waals surface area contributed by atoms with E-state index in [0.717, 1.165) is 6.54 Å². The van der Waals surface area contributed by atoms with Crippen molar-refractivity contribution in [2.24, 2.45) is 0 Å². The Labute approximate surface area is 126 Å². The lowest BCUT2D eigenvalue weighted by atomic mass is 9.87. The van der Waals surface area contributed by atoms with Crippen molar-refractivity contribution in [1.29, 1.82) is 0 Å². The van der Waals surface area contributed by atoms with Crippen molar-refractivity contribution in [1.82, 2.24) is 0 Å². The minimum atomic E-state index is 0.921. The molecule has 1 heterocycles. The van der Waals surface area contributed by atoms with Crippen LogP contribution in [0.5, 0.6) is 0 Å². The lowest BCUT2D eigenvalue weighted by molar-refractivity contribution is 0.723.